The summed E-state index contributed by atoms with van der Waals surface area (Å²) in [7, 11) is 0. The van der Waals surface area contributed by atoms with Gasteiger partial charge in [0.05, 0.1) is 11.3 Å². The predicted octanol–water partition coefficient (Wildman–Crippen LogP) is 4.92. The number of anilines is 2. The number of carbonyl (C=O) groups is 1. The maximum absolute atomic E-state index is 13.5. The number of hydrogen-bond acceptors (Lipinski definition) is 3. The molecule has 136 valence electrons. The van der Waals surface area contributed by atoms with Gasteiger partial charge in [-0.15, -0.1) is 0 Å². The lowest BCUT2D eigenvalue weighted by atomic mass is 9.93. The van der Waals surface area contributed by atoms with Crippen LogP contribution in [0.15, 0.2) is 34.8 Å². The van der Waals surface area contributed by atoms with Gasteiger partial charge in [-0.05, 0) is 73.9 Å². The third-order valence-electron chi connectivity index (χ3n) is 5.51. The zero-order valence-electron chi connectivity index (χ0n) is 14.7. The highest BCUT2D eigenvalue weighted by Crippen LogP contribution is 2.54. The molecule has 2 fully saturated rings. The minimum absolute atomic E-state index is 0.233. The molecule has 2 aromatic rings. The Morgan fingerprint density at radius 1 is 1.19 bits per heavy atom. The van der Waals surface area contributed by atoms with Crippen LogP contribution in [-0.2, 0) is 0 Å². The van der Waals surface area contributed by atoms with Crippen LogP contribution < -0.4 is 10.2 Å². The summed E-state index contributed by atoms with van der Waals surface area (Å²) in [6, 6.07) is 8.65. The number of nitrogens with zero attached hydrogens (tertiary/aromatic N) is 2. The highest BCUT2D eigenvalue weighted by atomic mass is 79.9. The Morgan fingerprint density at radius 2 is 1.92 bits per heavy atom. The third-order valence-corrected chi connectivity index (χ3v) is 6.00. The first kappa shape index (κ1) is 17.5. The highest BCUT2D eigenvalue weighted by Gasteiger charge is 2.44. The quantitative estimate of drug-likeness (QED) is 0.720. The van der Waals surface area contributed by atoms with Crippen LogP contribution in [0.3, 0.4) is 0 Å². The largest absolute Gasteiger partial charge is 0.371 e. The van der Waals surface area contributed by atoms with Gasteiger partial charge in [-0.2, -0.15) is 4.39 Å². The summed E-state index contributed by atoms with van der Waals surface area (Å²) >= 11 is 3.51. The van der Waals surface area contributed by atoms with Gasteiger partial charge in [0.2, 0.25) is 5.95 Å². The molecule has 1 N–H and O–H groups in total. The molecule has 1 aromatic heterocycles. The maximum Gasteiger partial charge on any atom is 0.258 e. The van der Waals surface area contributed by atoms with Crippen molar-refractivity contribution in [2.75, 3.05) is 23.3 Å². The molecule has 1 aromatic carbocycles. The molecule has 1 aliphatic carbocycles. The molecule has 0 radical (unpaired) electrons. The van der Waals surface area contributed by atoms with Crippen LogP contribution in [0, 0.1) is 18.3 Å². The summed E-state index contributed by atoms with van der Waals surface area (Å²) < 4.78 is 14.4. The molecule has 4 nitrogen and oxygen atoms in total. The molecule has 1 saturated heterocycles. The Balaban J connectivity index is 1.58. The molecule has 0 unspecified atom stereocenters. The fourth-order valence-corrected chi connectivity index (χ4v) is 4.08. The standard InChI is InChI=1S/C20H21BrFN3O/c1-13-10-17(22)23-18(11-13)24-19(26)15-3-2-14(21)12-16(15)25-8-6-20(4-5-20)7-9-25/h2-3,10-12H,4-9H2,1H3,(H,23,24,26). The van der Waals surface area contributed by atoms with Gasteiger partial charge in [0.25, 0.3) is 5.91 Å². The number of hydrogen-bond donors (Lipinski definition) is 1. The second kappa shape index (κ2) is 6.65. The molecular weight excluding hydrogens is 397 g/mol. The fraction of sp³-hybridized carbons (Fsp3) is 0.400. The van der Waals surface area contributed by atoms with Crippen molar-refractivity contribution >= 4 is 33.3 Å². The van der Waals surface area contributed by atoms with Crippen molar-refractivity contribution in [3.8, 4) is 0 Å². The number of carbonyl (C=O) groups excluding carboxylic acids is 1. The SMILES string of the molecule is Cc1cc(F)nc(NC(=O)c2ccc(Br)cc2N2CCC3(CC2)CC3)c1. The average Bonchev–Trinajstić information content (AvgIpc) is 3.33. The minimum Gasteiger partial charge on any atom is -0.371 e. The van der Waals surface area contributed by atoms with Gasteiger partial charge >= 0.3 is 0 Å². The fourth-order valence-electron chi connectivity index (χ4n) is 3.73. The number of aromatic nitrogens is 1. The van der Waals surface area contributed by atoms with Crippen molar-refractivity contribution in [1.82, 2.24) is 4.98 Å². The molecule has 2 aliphatic rings. The second-order valence-electron chi connectivity index (χ2n) is 7.46. The van der Waals surface area contributed by atoms with E-state index in [1.807, 2.05) is 18.2 Å². The first-order valence-corrected chi connectivity index (χ1v) is 9.74. The van der Waals surface area contributed by atoms with Gasteiger partial charge in [-0.1, -0.05) is 15.9 Å². The highest BCUT2D eigenvalue weighted by molar-refractivity contribution is 9.10. The Kier molecular flexibility index (Phi) is 4.47. The number of benzene rings is 1. The van der Waals surface area contributed by atoms with Crippen molar-refractivity contribution in [2.45, 2.75) is 32.6 Å². The van der Waals surface area contributed by atoms with Crippen LogP contribution in [0.1, 0.15) is 41.6 Å². The smallest absolute Gasteiger partial charge is 0.258 e. The van der Waals surface area contributed by atoms with Gasteiger partial charge in [0.15, 0.2) is 0 Å². The van der Waals surface area contributed by atoms with Crippen LogP contribution in [0.25, 0.3) is 0 Å². The molecule has 1 spiro atoms. The van der Waals surface area contributed by atoms with Crippen molar-refractivity contribution in [3.05, 3.63) is 51.9 Å². The van der Waals surface area contributed by atoms with Crippen LogP contribution in [0.5, 0.6) is 0 Å². The van der Waals surface area contributed by atoms with E-state index >= 15 is 0 Å². The molecule has 4 rings (SSSR count). The molecule has 0 bridgehead atoms. The van der Waals surface area contributed by atoms with Crippen LogP contribution >= 0.6 is 15.9 Å². The van der Waals surface area contributed by atoms with E-state index in [0.717, 1.165) is 28.8 Å². The van der Waals surface area contributed by atoms with Crippen molar-refractivity contribution in [3.63, 3.8) is 0 Å². The molecule has 1 saturated carbocycles. The number of pyridine rings is 1. The Morgan fingerprint density at radius 3 is 2.58 bits per heavy atom. The Labute approximate surface area is 160 Å². The van der Waals surface area contributed by atoms with E-state index in [1.54, 1.807) is 13.0 Å². The summed E-state index contributed by atoms with van der Waals surface area (Å²) in [6.07, 6.45) is 5.06. The van der Waals surface area contributed by atoms with Crippen LogP contribution in [0.2, 0.25) is 0 Å². The first-order valence-electron chi connectivity index (χ1n) is 8.94. The first-order chi connectivity index (χ1) is 12.4. The van der Waals surface area contributed by atoms with E-state index in [4.69, 9.17) is 0 Å². The molecule has 1 aliphatic heterocycles. The number of aryl methyl sites for hydroxylation is 1. The monoisotopic (exact) mass is 417 g/mol. The number of rotatable bonds is 3. The van der Waals surface area contributed by atoms with E-state index in [9.17, 15) is 9.18 Å². The van der Waals surface area contributed by atoms with Gasteiger partial charge in [0, 0.05) is 17.6 Å². The molecule has 26 heavy (non-hydrogen) atoms. The molecule has 1 amide bonds. The van der Waals surface area contributed by atoms with E-state index in [-0.39, 0.29) is 11.7 Å². The van der Waals surface area contributed by atoms with E-state index < -0.39 is 5.95 Å². The predicted molar refractivity (Wildman–Crippen MR) is 104 cm³/mol. The zero-order chi connectivity index (χ0) is 18.3. The second-order valence-corrected chi connectivity index (χ2v) is 8.37. The van der Waals surface area contributed by atoms with Crippen LogP contribution in [-0.4, -0.2) is 24.0 Å². The number of piperidine rings is 1. The topological polar surface area (TPSA) is 45.2 Å². The summed E-state index contributed by atoms with van der Waals surface area (Å²) in [5.41, 5.74) is 2.80. The normalized spacial score (nSPS) is 18.0. The van der Waals surface area contributed by atoms with Gasteiger partial charge in [-0.3, -0.25) is 4.79 Å². The van der Waals surface area contributed by atoms with E-state index in [2.05, 4.69) is 31.1 Å². The van der Waals surface area contributed by atoms with E-state index in [0.29, 0.717) is 11.0 Å². The van der Waals surface area contributed by atoms with Crippen molar-refractivity contribution in [2.24, 2.45) is 5.41 Å². The van der Waals surface area contributed by atoms with Crippen molar-refractivity contribution in [1.29, 1.82) is 0 Å². The molecular formula is C20H21BrFN3O. The zero-order valence-corrected chi connectivity index (χ0v) is 16.3. The molecule has 6 heteroatoms. The Bertz CT molecular complexity index is 836. The maximum atomic E-state index is 13.5. The number of nitrogens with one attached hydrogen (secondary N) is 1. The van der Waals surface area contributed by atoms with Gasteiger partial charge in [0.1, 0.15) is 5.82 Å². The molecule has 0 atom stereocenters. The molecule has 2 heterocycles. The Hall–Kier alpha value is -1.95. The minimum atomic E-state index is -0.595. The van der Waals surface area contributed by atoms with Gasteiger partial charge in [-0.25, -0.2) is 4.98 Å². The lowest BCUT2D eigenvalue weighted by molar-refractivity contribution is 0.102. The number of halogens is 2. The van der Waals surface area contributed by atoms with Gasteiger partial charge < -0.3 is 10.2 Å². The summed E-state index contributed by atoms with van der Waals surface area (Å²) in [5.74, 6) is -0.629. The lowest BCUT2D eigenvalue weighted by Crippen LogP contribution is -2.35. The summed E-state index contributed by atoms with van der Waals surface area (Å²) in [6.45, 7) is 3.70. The summed E-state index contributed by atoms with van der Waals surface area (Å²) in [4.78, 5) is 18.9. The summed E-state index contributed by atoms with van der Waals surface area (Å²) in [5, 5.41) is 2.74. The third kappa shape index (κ3) is 3.61. The average molecular weight is 418 g/mol. The van der Waals surface area contributed by atoms with Crippen molar-refractivity contribution < 1.29 is 9.18 Å². The van der Waals surface area contributed by atoms with Crippen LogP contribution in [0.4, 0.5) is 15.9 Å². The lowest BCUT2D eigenvalue weighted by Gasteiger charge is -2.35. The number of amides is 1. The van der Waals surface area contributed by atoms with E-state index in [1.165, 1.54) is 31.7 Å².